The summed E-state index contributed by atoms with van der Waals surface area (Å²) in [5, 5.41) is 2.87. The number of rotatable bonds is 3. The summed E-state index contributed by atoms with van der Waals surface area (Å²) in [4.78, 5) is 38.1. The van der Waals surface area contributed by atoms with E-state index in [1.165, 1.54) is 0 Å². The molecule has 6 nitrogen and oxygen atoms in total. The molecule has 2 aliphatic carbocycles. The molecule has 0 radical (unpaired) electrons. The van der Waals surface area contributed by atoms with E-state index in [9.17, 15) is 14.4 Å². The van der Waals surface area contributed by atoms with Gasteiger partial charge in [-0.3, -0.25) is 14.4 Å². The van der Waals surface area contributed by atoms with Gasteiger partial charge in [-0.15, -0.1) is 0 Å². The number of carbonyl (C=O) groups is 3. The molecule has 1 aliphatic heterocycles. The van der Waals surface area contributed by atoms with E-state index < -0.39 is 27.8 Å². The Balaban J connectivity index is 1.57. The summed E-state index contributed by atoms with van der Waals surface area (Å²) in [7, 11) is 0. The number of fused-ring (bicyclic) bond motifs is 3. The van der Waals surface area contributed by atoms with E-state index in [2.05, 4.69) is 5.32 Å². The van der Waals surface area contributed by atoms with E-state index in [1.54, 1.807) is 6.07 Å². The van der Waals surface area contributed by atoms with Gasteiger partial charge in [0.25, 0.3) is 0 Å². The zero-order valence-electron chi connectivity index (χ0n) is 14.6. The van der Waals surface area contributed by atoms with Crippen LogP contribution < -0.4 is 14.8 Å². The van der Waals surface area contributed by atoms with Crippen LogP contribution in [-0.2, 0) is 20.9 Å². The van der Waals surface area contributed by atoms with Gasteiger partial charge >= 0.3 is 0 Å². The van der Waals surface area contributed by atoms with Gasteiger partial charge < -0.3 is 14.8 Å². The third-order valence-electron chi connectivity index (χ3n) is 6.82. The van der Waals surface area contributed by atoms with Gasteiger partial charge in [-0.05, 0) is 36.0 Å². The third kappa shape index (κ3) is 1.77. The number of amides is 1. The highest BCUT2D eigenvalue weighted by Gasteiger charge is 2.77. The van der Waals surface area contributed by atoms with E-state index in [1.807, 2.05) is 32.9 Å². The Morgan fingerprint density at radius 1 is 1.08 bits per heavy atom. The highest BCUT2D eigenvalue weighted by atomic mass is 16.7. The monoisotopic (exact) mass is 343 g/mol. The van der Waals surface area contributed by atoms with Crippen molar-refractivity contribution >= 4 is 17.5 Å². The topological polar surface area (TPSA) is 81.7 Å². The SMILES string of the molecule is CC1(C)[C@@]2(C(=O)NCc3ccc4c(c3)OCO4)CC[C@@]1(C)C(=O)C2=O. The number of ketones is 2. The van der Waals surface area contributed by atoms with Gasteiger partial charge in [0.2, 0.25) is 24.3 Å². The molecule has 25 heavy (non-hydrogen) atoms. The summed E-state index contributed by atoms with van der Waals surface area (Å²) in [6.45, 7) is 6.00. The molecule has 1 amide bonds. The maximum atomic E-state index is 13.0. The van der Waals surface area contributed by atoms with Crippen molar-refractivity contribution < 1.29 is 23.9 Å². The largest absolute Gasteiger partial charge is 0.454 e. The van der Waals surface area contributed by atoms with Crippen molar-refractivity contribution in [2.75, 3.05) is 6.79 Å². The molecule has 4 rings (SSSR count). The maximum Gasteiger partial charge on any atom is 0.235 e. The summed E-state index contributed by atoms with van der Waals surface area (Å²) in [6, 6.07) is 5.45. The molecule has 0 unspecified atom stereocenters. The van der Waals surface area contributed by atoms with Gasteiger partial charge in [0.15, 0.2) is 11.5 Å². The second-order valence-corrected chi connectivity index (χ2v) is 7.89. The van der Waals surface area contributed by atoms with Crippen LogP contribution in [-0.4, -0.2) is 24.3 Å². The zero-order chi connectivity index (χ0) is 18.0. The van der Waals surface area contributed by atoms with Gasteiger partial charge in [-0.25, -0.2) is 0 Å². The van der Waals surface area contributed by atoms with Crippen molar-refractivity contribution in [2.45, 2.75) is 40.2 Å². The molecule has 132 valence electrons. The van der Waals surface area contributed by atoms with Gasteiger partial charge in [0, 0.05) is 12.0 Å². The highest BCUT2D eigenvalue weighted by molar-refractivity contribution is 6.48. The molecular formula is C19H21NO5. The molecule has 1 heterocycles. The molecule has 6 heteroatoms. The molecule has 2 saturated carbocycles. The summed E-state index contributed by atoms with van der Waals surface area (Å²) in [6.07, 6.45) is 0.996. The van der Waals surface area contributed by atoms with Crippen LogP contribution in [0.15, 0.2) is 18.2 Å². The summed E-state index contributed by atoms with van der Waals surface area (Å²) >= 11 is 0. The molecule has 0 aromatic heterocycles. The second-order valence-electron chi connectivity index (χ2n) is 7.89. The summed E-state index contributed by atoms with van der Waals surface area (Å²) in [5.41, 5.74) is -1.84. The number of carbonyl (C=O) groups excluding carboxylic acids is 3. The molecule has 0 saturated heterocycles. The zero-order valence-corrected chi connectivity index (χ0v) is 14.6. The minimum absolute atomic E-state index is 0.192. The van der Waals surface area contributed by atoms with Crippen LogP contribution in [0.1, 0.15) is 39.2 Å². The predicted molar refractivity (Wildman–Crippen MR) is 88.0 cm³/mol. The van der Waals surface area contributed by atoms with Crippen LogP contribution in [0.4, 0.5) is 0 Å². The first-order valence-corrected chi connectivity index (χ1v) is 8.50. The molecule has 1 aromatic rings. The number of Topliss-reactive ketones (excluding diaryl/α,β-unsaturated/α-hetero) is 2. The Morgan fingerprint density at radius 3 is 2.48 bits per heavy atom. The Kier molecular flexibility index (Phi) is 3.12. The van der Waals surface area contributed by atoms with Gasteiger partial charge in [-0.1, -0.05) is 26.8 Å². The number of hydrogen-bond acceptors (Lipinski definition) is 5. The van der Waals surface area contributed by atoms with Crippen molar-refractivity contribution in [1.29, 1.82) is 0 Å². The number of nitrogens with one attached hydrogen (secondary N) is 1. The Hall–Kier alpha value is -2.37. The number of ether oxygens (including phenoxy) is 2. The smallest absolute Gasteiger partial charge is 0.235 e. The fourth-order valence-electron chi connectivity index (χ4n) is 4.66. The molecule has 2 bridgehead atoms. The lowest BCUT2D eigenvalue weighted by Crippen LogP contribution is -2.50. The lowest BCUT2D eigenvalue weighted by Gasteiger charge is -2.37. The van der Waals surface area contributed by atoms with Crippen LogP contribution in [0.2, 0.25) is 0 Å². The quantitative estimate of drug-likeness (QED) is 0.670. The van der Waals surface area contributed by atoms with Gasteiger partial charge in [-0.2, -0.15) is 0 Å². The number of hydrogen-bond donors (Lipinski definition) is 1. The third-order valence-corrected chi connectivity index (χ3v) is 6.82. The summed E-state index contributed by atoms with van der Waals surface area (Å²) < 4.78 is 10.6. The molecule has 2 fully saturated rings. The predicted octanol–water partition coefficient (Wildman–Crippen LogP) is 2.00. The number of benzene rings is 1. The van der Waals surface area contributed by atoms with Gasteiger partial charge in [0.1, 0.15) is 5.41 Å². The van der Waals surface area contributed by atoms with Crippen LogP contribution in [0.3, 0.4) is 0 Å². The molecule has 3 aliphatic rings. The minimum atomic E-state index is -1.25. The summed E-state index contributed by atoms with van der Waals surface area (Å²) in [5.74, 6) is 0.0369. The molecular weight excluding hydrogens is 322 g/mol. The lowest BCUT2D eigenvalue weighted by molar-refractivity contribution is -0.149. The first kappa shape index (κ1) is 16.1. The lowest BCUT2D eigenvalue weighted by atomic mass is 9.64. The molecule has 0 spiro atoms. The molecule has 1 N–H and O–H groups in total. The molecule has 1 aromatic carbocycles. The fraction of sp³-hybridized carbons (Fsp3) is 0.526. The fourth-order valence-corrected chi connectivity index (χ4v) is 4.66. The maximum absolute atomic E-state index is 13.0. The first-order chi connectivity index (χ1) is 11.7. The van der Waals surface area contributed by atoms with Crippen molar-refractivity contribution in [3.05, 3.63) is 23.8 Å². The van der Waals surface area contributed by atoms with E-state index in [0.29, 0.717) is 24.3 Å². The average molecular weight is 343 g/mol. The second kappa shape index (κ2) is 4.84. The molecule has 2 atom stereocenters. The highest BCUT2D eigenvalue weighted by Crippen LogP contribution is 2.68. The minimum Gasteiger partial charge on any atom is -0.454 e. The van der Waals surface area contributed by atoms with Crippen molar-refractivity contribution in [3.8, 4) is 11.5 Å². The van der Waals surface area contributed by atoms with E-state index in [4.69, 9.17) is 9.47 Å². The van der Waals surface area contributed by atoms with Crippen LogP contribution in [0.25, 0.3) is 0 Å². The standard InChI is InChI=1S/C19H21NO5/c1-17(2)18(3)6-7-19(17,15(22)14(18)21)16(23)20-9-11-4-5-12-13(8-11)25-10-24-12/h4-5,8H,6-7,9-10H2,1-3H3,(H,20,23)/t18-,19-/m0/s1. The Morgan fingerprint density at radius 2 is 1.80 bits per heavy atom. The average Bonchev–Trinajstić information content (AvgIpc) is 3.15. The van der Waals surface area contributed by atoms with Crippen LogP contribution in [0.5, 0.6) is 11.5 Å². The van der Waals surface area contributed by atoms with Crippen LogP contribution in [0, 0.1) is 16.2 Å². The Labute approximate surface area is 145 Å². The van der Waals surface area contributed by atoms with Crippen molar-refractivity contribution in [1.82, 2.24) is 5.32 Å². The van der Waals surface area contributed by atoms with Crippen LogP contribution >= 0.6 is 0 Å². The first-order valence-electron chi connectivity index (χ1n) is 8.50. The van der Waals surface area contributed by atoms with Crippen molar-refractivity contribution in [3.63, 3.8) is 0 Å². The normalized spacial score (nSPS) is 31.5. The van der Waals surface area contributed by atoms with Crippen molar-refractivity contribution in [2.24, 2.45) is 16.2 Å². The van der Waals surface area contributed by atoms with E-state index >= 15 is 0 Å². The van der Waals surface area contributed by atoms with E-state index in [0.717, 1.165) is 5.56 Å². The van der Waals surface area contributed by atoms with E-state index in [-0.39, 0.29) is 19.2 Å². The Bertz CT molecular complexity index is 814. The van der Waals surface area contributed by atoms with Gasteiger partial charge in [0.05, 0.1) is 0 Å².